The van der Waals surface area contributed by atoms with Crippen LogP contribution >= 0.6 is 0 Å². The number of amides is 1. The zero-order valence-corrected chi connectivity index (χ0v) is 10.9. The van der Waals surface area contributed by atoms with Crippen LogP contribution < -0.4 is 5.73 Å². The van der Waals surface area contributed by atoms with Crippen molar-refractivity contribution in [1.82, 2.24) is 4.90 Å². The minimum absolute atomic E-state index is 0.0380. The predicted molar refractivity (Wildman–Crippen MR) is 66.2 cm³/mol. The summed E-state index contributed by atoms with van der Waals surface area (Å²) in [4.78, 5) is 12.5. The zero-order valence-electron chi connectivity index (χ0n) is 10.9. The van der Waals surface area contributed by atoms with Crippen molar-refractivity contribution in [3.05, 3.63) is 35.4 Å². The summed E-state index contributed by atoms with van der Waals surface area (Å²) in [5.74, 6) is -0.557. The van der Waals surface area contributed by atoms with Gasteiger partial charge in [0.15, 0.2) is 0 Å². The Morgan fingerprint density at radius 2 is 1.89 bits per heavy atom. The fraction of sp³-hybridized carbons (Fsp3) is 0.462. The van der Waals surface area contributed by atoms with Gasteiger partial charge in [-0.15, -0.1) is 0 Å². The summed E-state index contributed by atoms with van der Waals surface area (Å²) in [6.45, 7) is 3.58. The molecule has 0 fully saturated rings. The van der Waals surface area contributed by atoms with E-state index in [0.29, 0.717) is 0 Å². The molecule has 0 radical (unpaired) electrons. The Kier molecular flexibility index (Phi) is 4.94. The second kappa shape index (κ2) is 6.06. The molecule has 19 heavy (non-hydrogen) atoms. The molecule has 6 heteroatoms. The third-order valence-corrected chi connectivity index (χ3v) is 2.79. The Bertz CT molecular complexity index is 444. The molecule has 2 N–H and O–H groups in total. The Morgan fingerprint density at radius 3 is 2.37 bits per heavy atom. The largest absolute Gasteiger partial charge is 0.416 e. The smallest absolute Gasteiger partial charge is 0.369 e. The van der Waals surface area contributed by atoms with E-state index in [9.17, 15) is 18.0 Å². The van der Waals surface area contributed by atoms with Crippen molar-refractivity contribution in [2.24, 2.45) is 5.73 Å². The number of rotatable bonds is 5. The van der Waals surface area contributed by atoms with Gasteiger partial charge in [0.1, 0.15) is 0 Å². The van der Waals surface area contributed by atoms with Crippen LogP contribution in [0.25, 0.3) is 0 Å². The van der Waals surface area contributed by atoms with Gasteiger partial charge >= 0.3 is 6.18 Å². The molecule has 1 aromatic rings. The summed E-state index contributed by atoms with van der Waals surface area (Å²) in [6, 6.07) is 5.28. The van der Waals surface area contributed by atoms with E-state index in [2.05, 4.69) is 0 Å². The summed E-state index contributed by atoms with van der Waals surface area (Å²) in [5.41, 5.74) is 4.57. The van der Waals surface area contributed by atoms with Gasteiger partial charge in [-0.05, 0) is 25.5 Å². The molecule has 0 spiro atoms. The second-order valence-corrected chi connectivity index (χ2v) is 4.62. The normalized spacial score (nSPS) is 12.2. The molecule has 1 amide bonds. The first-order valence-electron chi connectivity index (χ1n) is 5.89. The van der Waals surface area contributed by atoms with Crippen molar-refractivity contribution in [3.63, 3.8) is 0 Å². The van der Waals surface area contributed by atoms with E-state index in [0.717, 1.165) is 6.07 Å². The molecule has 0 aliphatic heterocycles. The van der Waals surface area contributed by atoms with E-state index >= 15 is 0 Å². The molecule has 0 aromatic heterocycles. The molecule has 0 unspecified atom stereocenters. The lowest BCUT2D eigenvalue weighted by atomic mass is 10.1. The minimum Gasteiger partial charge on any atom is -0.369 e. The number of alkyl halides is 3. The number of nitrogens with zero attached hydrogens (tertiary/aromatic N) is 1. The van der Waals surface area contributed by atoms with Crippen LogP contribution in [0.1, 0.15) is 25.0 Å². The van der Waals surface area contributed by atoms with Crippen molar-refractivity contribution in [1.29, 1.82) is 0 Å². The summed E-state index contributed by atoms with van der Waals surface area (Å²) in [5, 5.41) is 0. The molecule has 106 valence electrons. The summed E-state index contributed by atoms with van der Waals surface area (Å²) in [7, 11) is 0. The molecule has 0 atom stereocenters. The highest BCUT2D eigenvalue weighted by Crippen LogP contribution is 2.32. The SMILES string of the molecule is CC(C)N(CC(N)=O)Cc1ccccc1C(F)(F)F. The number of primary amides is 1. The first-order valence-corrected chi connectivity index (χ1v) is 5.89. The van der Waals surface area contributed by atoms with Gasteiger partial charge in [0.25, 0.3) is 0 Å². The van der Waals surface area contributed by atoms with Crippen LogP contribution in [0.5, 0.6) is 0 Å². The van der Waals surface area contributed by atoms with Gasteiger partial charge in [-0.25, -0.2) is 0 Å². The molecule has 0 aliphatic carbocycles. The fourth-order valence-corrected chi connectivity index (χ4v) is 1.77. The van der Waals surface area contributed by atoms with Gasteiger partial charge in [-0.1, -0.05) is 18.2 Å². The lowest BCUT2D eigenvalue weighted by Gasteiger charge is -2.26. The molecule has 0 bridgehead atoms. The number of nitrogens with two attached hydrogens (primary N) is 1. The maximum absolute atomic E-state index is 12.9. The van der Waals surface area contributed by atoms with Crippen molar-refractivity contribution < 1.29 is 18.0 Å². The van der Waals surface area contributed by atoms with Crippen molar-refractivity contribution >= 4 is 5.91 Å². The lowest BCUT2D eigenvalue weighted by Crippen LogP contribution is -2.38. The Labute approximate surface area is 110 Å². The van der Waals surface area contributed by atoms with E-state index in [1.54, 1.807) is 24.8 Å². The molecule has 3 nitrogen and oxygen atoms in total. The maximum Gasteiger partial charge on any atom is 0.416 e. The number of carbonyl (C=O) groups is 1. The Balaban J connectivity index is 3.00. The van der Waals surface area contributed by atoms with Crippen LogP contribution in [0.4, 0.5) is 13.2 Å². The third-order valence-electron chi connectivity index (χ3n) is 2.79. The first kappa shape index (κ1) is 15.5. The van der Waals surface area contributed by atoms with Gasteiger partial charge in [0.2, 0.25) is 5.91 Å². The second-order valence-electron chi connectivity index (χ2n) is 4.62. The van der Waals surface area contributed by atoms with E-state index < -0.39 is 17.6 Å². The van der Waals surface area contributed by atoms with Gasteiger partial charge < -0.3 is 5.73 Å². The number of benzene rings is 1. The summed E-state index contributed by atoms with van der Waals surface area (Å²) >= 11 is 0. The van der Waals surface area contributed by atoms with E-state index in [-0.39, 0.29) is 24.7 Å². The van der Waals surface area contributed by atoms with Crippen molar-refractivity contribution in [2.75, 3.05) is 6.54 Å². The molecule has 0 saturated carbocycles. The van der Waals surface area contributed by atoms with Crippen molar-refractivity contribution in [2.45, 2.75) is 32.6 Å². The standard InChI is InChI=1S/C13H17F3N2O/c1-9(2)18(8-12(17)19)7-10-5-3-4-6-11(10)13(14,15)16/h3-6,9H,7-8H2,1-2H3,(H2,17,19). The monoisotopic (exact) mass is 274 g/mol. The van der Waals surface area contributed by atoms with Crippen LogP contribution in [-0.4, -0.2) is 23.4 Å². The Morgan fingerprint density at radius 1 is 1.32 bits per heavy atom. The first-order chi connectivity index (χ1) is 8.71. The van der Waals surface area contributed by atoms with E-state index in [1.807, 2.05) is 0 Å². The highest BCUT2D eigenvalue weighted by atomic mass is 19.4. The molecular weight excluding hydrogens is 257 g/mol. The number of halogens is 3. The summed E-state index contributed by atoms with van der Waals surface area (Å²) < 4.78 is 38.6. The van der Waals surface area contributed by atoms with Crippen LogP contribution in [0.15, 0.2) is 24.3 Å². The van der Waals surface area contributed by atoms with Gasteiger partial charge in [-0.3, -0.25) is 9.69 Å². The molecule has 0 saturated heterocycles. The number of hydrogen-bond acceptors (Lipinski definition) is 2. The average molecular weight is 274 g/mol. The molecule has 0 heterocycles. The highest BCUT2D eigenvalue weighted by Gasteiger charge is 2.33. The molecule has 0 aliphatic rings. The maximum atomic E-state index is 12.9. The summed E-state index contributed by atoms with van der Waals surface area (Å²) in [6.07, 6.45) is -4.40. The van der Waals surface area contributed by atoms with E-state index in [1.165, 1.54) is 12.1 Å². The minimum atomic E-state index is -4.40. The van der Waals surface area contributed by atoms with Gasteiger partial charge in [0, 0.05) is 12.6 Å². The van der Waals surface area contributed by atoms with Gasteiger partial charge in [0.05, 0.1) is 12.1 Å². The van der Waals surface area contributed by atoms with Crippen LogP contribution in [0.2, 0.25) is 0 Å². The van der Waals surface area contributed by atoms with E-state index in [4.69, 9.17) is 5.73 Å². The lowest BCUT2D eigenvalue weighted by molar-refractivity contribution is -0.138. The van der Waals surface area contributed by atoms with Crippen LogP contribution in [0, 0.1) is 0 Å². The third kappa shape index (κ3) is 4.55. The number of hydrogen-bond donors (Lipinski definition) is 1. The average Bonchev–Trinajstić information content (AvgIpc) is 2.26. The van der Waals surface area contributed by atoms with Crippen LogP contribution in [-0.2, 0) is 17.5 Å². The molecule has 1 aromatic carbocycles. The Hall–Kier alpha value is -1.56. The highest BCUT2D eigenvalue weighted by molar-refractivity contribution is 5.75. The number of carbonyl (C=O) groups excluding carboxylic acids is 1. The zero-order chi connectivity index (χ0) is 14.6. The fourth-order valence-electron chi connectivity index (χ4n) is 1.77. The van der Waals surface area contributed by atoms with Crippen LogP contribution in [0.3, 0.4) is 0 Å². The topological polar surface area (TPSA) is 46.3 Å². The molecule has 1 rings (SSSR count). The predicted octanol–water partition coefficient (Wildman–Crippen LogP) is 2.40. The molecular formula is C13H17F3N2O. The van der Waals surface area contributed by atoms with Crippen molar-refractivity contribution in [3.8, 4) is 0 Å². The van der Waals surface area contributed by atoms with Gasteiger partial charge in [-0.2, -0.15) is 13.2 Å². The quantitative estimate of drug-likeness (QED) is 0.896.